The summed E-state index contributed by atoms with van der Waals surface area (Å²) in [7, 11) is 0. The van der Waals surface area contributed by atoms with Crippen molar-refractivity contribution in [2.75, 3.05) is 0 Å². The van der Waals surface area contributed by atoms with E-state index >= 15 is 0 Å². The van der Waals surface area contributed by atoms with Gasteiger partial charge in [0.15, 0.2) is 0 Å². The van der Waals surface area contributed by atoms with Gasteiger partial charge in [-0.1, -0.05) is 19.9 Å². The fourth-order valence-electron chi connectivity index (χ4n) is 1.65. The van der Waals surface area contributed by atoms with Gasteiger partial charge < -0.3 is 0 Å². The molecule has 1 nitrogen and oxygen atoms in total. The first kappa shape index (κ1) is 13.1. The molecule has 0 spiro atoms. The third-order valence-electron chi connectivity index (χ3n) is 2.69. The van der Waals surface area contributed by atoms with Crippen molar-refractivity contribution in [1.29, 1.82) is 0 Å². The molecule has 0 unspecified atom stereocenters. The second-order valence-electron chi connectivity index (χ2n) is 4.12. The molecule has 1 aromatic heterocycles. The van der Waals surface area contributed by atoms with Gasteiger partial charge in [0.1, 0.15) is 0 Å². The van der Waals surface area contributed by atoms with E-state index in [1.807, 2.05) is 36.5 Å². The first-order valence-corrected chi connectivity index (χ1v) is 5.10. The van der Waals surface area contributed by atoms with E-state index in [0.717, 1.165) is 5.69 Å². The van der Waals surface area contributed by atoms with Crippen LogP contribution in [0.15, 0.2) is 48.7 Å². The number of benzene rings is 1. The van der Waals surface area contributed by atoms with Crippen molar-refractivity contribution in [2.24, 2.45) is 0 Å². The Morgan fingerprint density at radius 3 is 2.38 bits per heavy atom. The van der Waals surface area contributed by atoms with Gasteiger partial charge in [0.05, 0.1) is 0 Å². The van der Waals surface area contributed by atoms with Crippen molar-refractivity contribution in [2.45, 2.75) is 19.3 Å². The Hall–Kier alpha value is -0.981. The molecule has 0 atom stereocenters. The minimum atomic E-state index is -0.0808. The Morgan fingerprint density at radius 1 is 1.06 bits per heavy atom. The van der Waals surface area contributed by atoms with Crippen LogP contribution in [0.25, 0.3) is 0 Å². The maximum atomic E-state index is 4.41. The van der Waals surface area contributed by atoms with Gasteiger partial charge >= 0.3 is 0 Å². The second-order valence-corrected chi connectivity index (χ2v) is 4.12. The normalized spacial score (nSPS) is 10.6. The zero-order valence-corrected chi connectivity index (χ0v) is 11.8. The largest absolute Gasteiger partial charge is 0.260 e. The monoisotopic (exact) mass is 389 g/mol. The maximum absolute atomic E-state index is 4.41. The fraction of sp³-hybridized carbons (Fsp3) is 0.214. The van der Waals surface area contributed by atoms with E-state index in [4.69, 9.17) is 0 Å². The summed E-state index contributed by atoms with van der Waals surface area (Å²) in [5, 5.41) is 0. The summed E-state index contributed by atoms with van der Waals surface area (Å²) in [6.45, 7) is 4.34. The summed E-state index contributed by atoms with van der Waals surface area (Å²) in [5.74, 6) is 0. The number of aromatic nitrogens is 1. The van der Waals surface area contributed by atoms with Crippen LogP contribution in [0.1, 0.15) is 25.1 Å². The smallest absolute Gasteiger partial charge is 0.0482 e. The molecule has 16 heavy (non-hydrogen) atoms. The standard InChI is InChI=1S/C14H14N.Ir/c1-14(2,12-8-4-3-5-9-12)13-10-6-7-11-15-13;/h3-8,10-11H,1-2H3;/q-1;. The molecule has 1 heterocycles. The Labute approximate surface area is 110 Å². The number of rotatable bonds is 2. The first-order chi connectivity index (χ1) is 7.21. The third-order valence-corrected chi connectivity index (χ3v) is 2.69. The van der Waals surface area contributed by atoms with Gasteiger partial charge in [0, 0.05) is 37.4 Å². The number of hydrogen-bond acceptors (Lipinski definition) is 1. The van der Waals surface area contributed by atoms with E-state index in [-0.39, 0.29) is 25.5 Å². The van der Waals surface area contributed by atoms with Crippen LogP contribution in [0, 0.1) is 6.07 Å². The van der Waals surface area contributed by atoms with Crippen molar-refractivity contribution >= 4 is 0 Å². The average molecular weight is 388 g/mol. The summed E-state index contributed by atoms with van der Waals surface area (Å²) < 4.78 is 0. The number of hydrogen-bond donors (Lipinski definition) is 0. The Balaban J connectivity index is 0.00000128. The second kappa shape index (κ2) is 5.38. The predicted octanol–water partition coefficient (Wildman–Crippen LogP) is 3.21. The van der Waals surface area contributed by atoms with E-state index < -0.39 is 0 Å². The quantitative estimate of drug-likeness (QED) is 0.720. The molecule has 0 N–H and O–H groups in total. The van der Waals surface area contributed by atoms with Gasteiger partial charge in [0.25, 0.3) is 0 Å². The SMILES string of the molecule is CC(C)(c1[c-]cccc1)c1ccccn1.[Ir]. The minimum absolute atomic E-state index is 0. The molecule has 0 fully saturated rings. The molecular weight excluding hydrogens is 374 g/mol. The Morgan fingerprint density at radius 2 is 1.81 bits per heavy atom. The molecule has 0 saturated carbocycles. The maximum Gasteiger partial charge on any atom is 0.0482 e. The van der Waals surface area contributed by atoms with Crippen molar-refractivity contribution in [1.82, 2.24) is 4.98 Å². The molecule has 1 aromatic carbocycles. The fourth-order valence-corrected chi connectivity index (χ4v) is 1.65. The van der Waals surface area contributed by atoms with Crippen molar-refractivity contribution < 1.29 is 20.1 Å². The molecule has 2 heteroatoms. The Kier molecular flexibility index (Phi) is 4.40. The molecule has 2 aromatic rings. The van der Waals surface area contributed by atoms with Gasteiger partial charge in [-0.25, -0.2) is 0 Å². The van der Waals surface area contributed by atoms with Gasteiger partial charge in [-0.2, -0.15) is 35.9 Å². The van der Waals surface area contributed by atoms with E-state index in [0.29, 0.717) is 0 Å². The molecule has 0 aliphatic rings. The van der Waals surface area contributed by atoms with E-state index in [9.17, 15) is 0 Å². The summed E-state index contributed by atoms with van der Waals surface area (Å²) in [4.78, 5) is 4.41. The van der Waals surface area contributed by atoms with Gasteiger partial charge in [-0.15, -0.1) is 0 Å². The van der Waals surface area contributed by atoms with Gasteiger partial charge in [-0.3, -0.25) is 4.98 Å². The van der Waals surface area contributed by atoms with Crippen molar-refractivity contribution in [3.63, 3.8) is 0 Å². The first-order valence-electron chi connectivity index (χ1n) is 5.10. The average Bonchev–Trinajstić information content (AvgIpc) is 2.31. The minimum Gasteiger partial charge on any atom is -0.260 e. The molecule has 1 radical (unpaired) electrons. The zero-order chi connectivity index (χ0) is 10.7. The summed E-state index contributed by atoms with van der Waals surface area (Å²) >= 11 is 0. The third kappa shape index (κ3) is 2.58. The number of nitrogens with zero attached hydrogens (tertiary/aromatic N) is 1. The molecule has 0 aliphatic heterocycles. The molecule has 0 saturated heterocycles. The molecular formula is C14H14IrN-. The van der Waals surface area contributed by atoms with E-state index in [1.54, 1.807) is 0 Å². The van der Waals surface area contributed by atoms with Crippen LogP contribution >= 0.6 is 0 Å². The summed E-state index contributed by atoms with van der Waals surface area (Å²) in [5.41, 5.74) is 2.17. The van der Waals surface area contributed by atoms with Crippen LogP contribution in [0.5, 0.6) is 0 Å². The molecule has 2 rings (SSSR count). The molecule has 0 amide bonds. The summed E-state index contributed by atoms with van der Waals surface area (Å²) in [6.07, 6.45) is 1.83. The zero-order valence-electron chi connectivity index (χ0n) is 9.40. The summed E-state index contributed by atoms with van der Waals surface area (Å²) in [6, 6.07) is 17.3. The van der Waals surface area contributed by atoms with Crippen LogP contribution in [-0.2, 0) is 25.5 Å². The van der Waals surface area contributed by atoms with Crippen LogP contribution in [0.4, 0.5) is 0 Å². The molecule has 0 bridgehead atoms. The van der Waals surface area contributed by atoms with E-state index in [2.05, 4.69) is 37.0 Å². The van der Waals surface area contributed by atoms with Crippen LogP contribution in [0.2, 0.25) is 0 Å². The molecule has 0 aliphatic carbocycles. The van der Waals surface area contributed by atoms with Gasteiger partial charge in [0.2, 0.25) is 0 Å². The van der Waals surface area contributed by atoms with Crippen LogP contribution in [0.3, 0.4) is 0 Å². The van der Waals surface area contributed by atoms with Gasteiger partial charge in [-0.05, 0) is 12.1 Å². The topological polar surface area (TPSA) is 12.9 Å². The molecule has 85 valence electrons. The van der Waals surface area contributed by atoms with E-state index in [1.165, 1.54) is 5.56 Å². The van der Waals surface area contributed by atoms with Crippen molar-refractivity contribution in [3.8, 4) is 0 Å². The van der Waals surface area contributed by atoms with Crippen molar-refractivity contribution in [3.05, 3.63) is 66.0 Å². The number of pyridine rings is 1. The van der Waals surface area contributed by atoms with Crippen LogP contribution in [-0.4, -0.2) is 4.98 Å². The predicted molar refractivity (Wildman–Crippen MR) is 61.6 cm³/mol. The van der Waals surface area contributed by atoms with Crippen LogP contribution < -0.4 is 0 Å². The Bertz CT molecular complexity index is 382.